The van der Waals surface area contributed by atoms with Crippen LogP contribution >= 0.6 is 0 Å². The molecule has 32 heavy (non-hydrogen) atoms. The Labute approximate surface area is 185 Å². The summed E-state index contributed by atoms with van der Waals surface area (Å²) in [7, 11) is 3.33. The molecular weight excluding hydrogens is 408 g/mol. The summed E-state index contributed by atoms with van der Waals surface area (Å²) in [6, 6.07) is 11.5. The molecule has 2 fully saturated rings. The summed E-state index contributed by atoms with van der Waals surface area (Å²) in [6.07, 6.45) is 1.82. The number of hydrogen-bond acceptors (Lipinski definition) is 4. The second-order valence-corrected chi connectivity index (χ2v) is 8.89. The van der Waals surface area contributed by atoms with Gasteiger partial charge >= 0.3 is 0 Å². The number of anilines is 2. The lowest BCUT2D eigenvalue weighted by Gasteiger charge is -2.27. The van der Waals surface area contributed by atoms with Crippen LogP contribution < -0.4 is 10.6 Å². The predicted octanol–water partition coefficient (Wildman–Crippen LogP) is 2.12. The van der Waals surface area contributed by atoms with Crippen molar-refractivity contribution in [3.63, 3.8) is 0 Å². The molecule has 2 aliphatic heterocycles. The molecule has 2 N–H and O–H groups in total. The van der Waals surface area contributed by atoms with Crippen LogP contribution in [0.25, 0.3) is 0 Å². The Balaban J connectivity index is 1.35. The van der Waals surface area contributed by atoms with E-state index in [0.717, 1.165) is 17.7 Å². The summed E-state index contributed by atoms with van der Waals surface area (Å²) in [5, 5.41) is 5.69. The molecule has 2 aromatic carbocycles. The first-order valence-corrected chi connectivity index (χ1v) is 10.7. The molecule has 4 amide bonds. The fourth-order valence-electron chi connectivity index (χ4n) is 4.71. The molecule has 2 heterocycles. The highest BCUT2D eigenvalue weighted by Gasteiger charge is 2.56. The van der Waals surface area contributed by atoms with Gasteiger partial charge in [-0.25, -0.2) is 0 Å². The monoisotopic (exact) mass is 432 g/mol. The molecule has 3 aliphatic rings. The number of nitrogens with zero attached hydrogens (tertiary/aromatic N) is 2. The van der Waals surface area contributed by atoms with Crippen LogP contribution in [0.4, 0.5) is 11.4 Å². The molecule has 1 saturated heterocycles. The first-order chi connectivity index (χ1) is 15.3. The molecule has 0 spiro atoms. The second kappa shape index (κ2) is 7.47. The lowest BCUT2D eigenvalue weighted by molar-refractivity contribution is -0.120. The number of carbonyl (C=O) groups is 4. The van der Waals surface area contributed by atoms with E-state index in [2.05, 4.69) is 10.6 Å². The van der Waals surface area contributed by atoms with Crippen molar-refractivity contribution >= 4 is 35.0 Å². The van der Waals surface area contributed by atoms with Crippen LogP contribution in [-0.2, 0) is 16.0 Å². The molecule has 1 aliphatic carbocycles. The molecule has 0 aromatic heterocycles. The molecule has 8 nitrogen and oxygen atoms in total. The first-order valence-electron chi connectivity index (χ1n) is 10.7. The molecule has 8 heteroatoms. The van der Waals surface area contributed by atoms with E-state index >= 15 is 0 Å². The van der Waals surface area contributed by atoms with Crippen LogP contribution in [0, 0.1) is 5.92 Å². The number of nitrogens with one attached hydrogen (secondary N) is 2. The number of benzene rings is 2. The van der Waals surface area contributed by atoms with Gasteiger partial charge in [0.05, 0.1) is 6.42 Å². The summed E-state index contributed by atoms with van der Waals surface area (Å²) in [6.45, 7) is 0. The summed E-state index contributed by atoms with van der Waals surface area (Å²) in [5.41, 5.74) is 3.06. The Kier molecular flexibility index (Phi) is 4.73. The minimum atomic E-state index is -0.563. The van der Waals surface area contributed by atoms with Crippen LogP contribution in [0.1, 0.15) is 39.1 Å². The van der Waals surface area contributed by atoms with Gasteiger partial charge in [-0.05, 0) is 60.7 Å². The Bertz CT molecular complexity index is 1160. The third-order valence-electron chi connectivity index (χ3n) is 6.40. The molecule has 1 saturated carbocycles. The lowest BCUT2D eigenvalue weighted by Crippen LogP contribution is -2.45. The van der Waals surface area contributed by atoms with Crippen molar-refractivity contribution in [2.45, 2.75) is 31.3 Å². The molecule has 0 radical (unpaired) electrons. The fraction of sp³-hybridized carbons (Fsp3) is 0.333. The molecule has 5 rings (SSSR count). The van der Waals surface area contributed by atoms with Crippen LogP contribution in [-0.4, -0.2) is 59.6 Å². The van der Waals surface area contributed by atoms with Crippen LogP contribution in [0.3, 0.4) is 0 Å². The first kappa shape index (κ1) is 20.2. The van der Waals surface area contributed by atoms with E-state index in [4.69, 9.17) is 0 Å². The number of likely N-dealkylation sites (tertiary alicyclic amines) is 1. The Hall–Kier alpha value is -3.68. The van der Waals surface area contributed by atoms with Crippen LogP contribution in [0.2, 0.25) is 0 Å². The SMILES string of the molecule is CN(C)C(=O)c1cccc(C(=O)N2[C@H](C(=O)Nc3ccc4c(c3)CC(=O)N4)C[C@H]3C[C@@H]32)c1. The summed E-state index contributed by atoms with van der Waals surface area (Å²) in [5.74, 6) is -0.367. The zero-order chi connectivity index (χ0) is 22.6. The van der Waals surface area contributed by atoms with E-state index in [9.17, 15) is 19.2 Å². The van der Waals surface area contributed by atoms with Gasteiger partial charge in [-0.3, -0.25) is 19.2 Å². The van der Waals surface area contributed by atoms with Gasteiger partial charge in [0.15, 0.2) is 0 Å². The van der Waals surface area contributed by atoms with Crippen LogP contribution in [0.15, 0.2) is 42.5 Å². The highest BCUT2D eigenvalue weighted by atomic mass is 16.2. The zero-order valence-electron chi connectivity index (χ0n) is 17.9. The van der Waals surface area contributed by atoms with Crippen molar-refractivity contribution in [2.24, 2.45) is 5.92 Å². The Morgan fingerprint density at radius 3 is 2.62 bits per heavy atom. The average molecular weight is 432 g/mol. The van der Waals surface area contributed by atoms with E-state index in [1.165, 1.54) is 4.90 Å². The normalized spacial score (nSPS) is 22.6. The van der Waals surface area contributed by atoms with E-state index in [1.54, 1.807) is 61.5 Å². The van der Waals surface area contributed by atoms with E-state index in [0.29, 0.717) is 35.6 Å². The molecule has 0 bridgehead atoms. The number of piperidine rings is 1. The summed E-state index contributed by atoms with van der Waals surface area (Å²) < 4.78 is 0. The van der Waals surface area contributed by atoms with Gasteiger partial charge < -0.3 is 20.4 Å². The minimum absolute atomic E-state index is 0.0632. The van der Waals surface area contributed by atoms with Gasteiger partial charge in [0, 0.05) is 42.6 Å². The number of carbonyl (C=O) groups excluding carboxylic acids is 4. The van der Waals surface area contributed by atoms with Crippen molar-refractivity contribution in [2.75, 3.05) is 24.7 Å². The lowest BCUT2D eigenvalue weighted by atomic mass is 10.1. The summed E-state index contributed by atoms with van der Waals surface area (Å²) in [4.78, 5) is 53.5. The van der Waals surface area contributed by atoms with Gasteiger partial charge in [-0.1, -0.05) is 6.07 Å². The van der Waals surface area contributed by atoms with E-state index < -0.39 is 6.04 Å². The quantitative estimate of drug-likeness (QED) is 0.773. The van der Waals surface area contributed by atoms with Crippen molar-refractivity contribution in [3.8, 4) is 0 Å². The molecule has 3 atom stereocenters. The van der Waals surface area contributed by atoms with Gasteiger partial charge in [-0.15, -0.1) is 0 Å². The van der Waals surface area contributed by atoms with Crippen LogP contribution in [0.5, 0.6) is 0 Å². The van der Waals surface area contributed by atoms with Gasteiger partial charge in [0.1, 0.15) is 6.04 Å². The Morgan fingerprint density at radius 2 is 1.84 bits per heavy atom. The topological polar surface area (TPSA) is 98.8 Å². The van der Waals surface area contributed by atoms with Crippen molar-refractivity contribution in [3.05, 3.63) is 59.2 Å². The van der Waals surface area contributed by atoms with Gasteiger partial charge in [0.25, 0.3) is 11.8 Å². The third kappa shape index (κ3) is 3.51. The molecular formula is C24H24N4O4. The number of fused-ring (bicyclic) bond motifs is 2. The number of rotatable bonds is 4. The molecule has 164 valence electrons. The molecule has 0 unspecified atom stereocenters. The van der Waals surface area contributed by atoms with Gasteiger partial charge in [0.2, 0.25) is 11.8 Å². The average Bonchev–Trinajstić information content (AvgIpc) is 3.27. The maximum atomic E-state index is 13.4. The predicted molar refractivity (Wildman–Crippen MR) is 118 cm³/mol. The second-order valence-electron chi connectivity index (χ2n) is 8.89. The fourth-order valence-corrected chi connectivity index (χ4v) is 4.71. The van der Waals surface area contributed by atoms with Crippen molar-refractivity contribution < 1.29 is 19.2 Å². The minimum Gasteiger partial charge on any atom is -0.345 e. The Morgan fingerprint density at radius 1 is 1.06 bits per heavy atom. The summed E-state index contributed by atoms with van der Waals surface area (Å²) >= 11 is 0. The standard InChI is InChI=1S/C24H24N4O4/c1-27(2)23(31)13-4-3-5-14(8-13)24(32)28-19-10-16(19)11-20(28)22(30)25-17-6-7-18-15(9-17)12-21(29)26-18/h3-9,16,19-20H,10-12H2,1-2H3,(H,25,30)(H,26,29)/t16-,19+,20+/m1/s1. The van der Waals surface area contributed by atoms with Crippen molar-refractivity contribution in [1.29, 1.82) is 0 Å². The smallest absolute Gasteiger partial charge is 0.254 e. The van der Waals surface area contributed by atoms with E-state index in [1.807, 2.05) is 0 Å². The van der Waals surface area contributed by atoms with E-state index in [-0.39, 0.29) is 29.7 Å². The zero-order valence-corrected chi connectivity index (χ0v) is 17.9. The highest BCUT2D eigenvalue weighted by molar-refractivity contribution is 6.04. The maximum absolute atomic E-state index is 13.4. The number of hydrogen-bond donors (Lipinski definition) is 2. The largest absolute Gasteiger partial charge is 0.345 e. The van der Waals surface area contributed by atoms with Crippen molar-refractivity contribution in [1.82, 2.24) is 9.80 Å². The van der Waals surface area contributed by atoms with Gasteiger partial charge in [-0.2, -0.15) is 0 Å². The number of amides is 4. The maximum Gasteiger partial charge on any atom is 0.254 e. The third-order valence-corrected chi connectivity index (χ3v) is 6.40. The molecule has 2 aromatic rings. The highest BCUT2D eigenvalue weighted by Crippen LogP contribution is 2.48.